The van der Waals surface area contributed by atoms with Crippen molar-refractivity contribution in [3.8, 4) is 0 Å². The summed E-state index contributed by atoms with van der Waals surface area (Å²) in [7, 11) is 0. The number of thiophene rings is 1. The van der Waals surface area contributed by atoms with Crippen molar-refractivity contribution in [2.24, 2.45) is 4.99 Å². The van der Waals surface area contributed by atoms with Crippen molar-refractivity contribution < 1.29 is 4.79 Å². The molecule has 1 aliphatic rings. The van der Waals surface area contributed by atoms with Gasteiger partial charge in [-0.1, -0.05) is 48.0 Å². The summed E-state index contributed by atoms with van der Waals surface area (Å²) in [6, 6.07) is 19.1. The predicted octanol–water partition coefficient (Wildman–Crippen LogP) is 5.23. The number of hydrogen-bond acceptors (Lipinski definition) is 3. The van der Waals surface area contributed by atoms with Gasteiger partial charge in [-0.05, 0) is 35.7 Å². The first kappa shape index (κ1) is 15.8. The minimum Gasteiger partial charge on any atom is -0.320 e. The van der Waals surface area contributed by atoms with Crippen LogP contribution in [0.1, 0.15) is 16.0 Å². The second-order valence-corrected chi connectivity index (χ2v) is 6.93. The highest BCUT2D eigenvalue weighted by Crippen LogP contribution is 2.29. The molecule has 0 saturated carbocycles. The summed E-state index contributed by atoms with van der Waals surface area (Å²) in [5.41, 5.74) is 3.53. The minimum atomic E-state index is -0.233. The molecule has 2 heterocycles. The highest BCUT2D eigenvalue weighted by atomic mass is 35.5. The second kappa shape index (κ2) is 6.67. The quantitative estimate of drug-likeness (QED) is 0.621. The summed E-state index contributed by atoms with van der Waals surface area (Å²) in [4.78, 5) is 18.3. The van der Waals surface area contributed by atoms with Crippen LogP contribution in [0.25, 0.3) is 6.08 Å². The fourth-order valence-corrected chi connectivity index (χ4v) is 3.48. The van der Waals surface area contributed by atoms with E-state index >= 15 is 0 Å². The molecule has 1 aliphatic heterocycles. The van der Waals surface area contributed by atoms with E-state index in [4.69, 9.17) is 16.6 Å². The lowest BCUT2D eigenvalue weighted by atomic mass is 10.0. The molecular formula is C20H13ClN2OS. The van der Waals surface area contributed by atoms with E-state index in [1.807, 2.05) is 60.0 Å². The van der Waals surface area contributed by atoms with Gasteiger partial charge in [-0.2, -0.15) is 0 Å². The van der Waals surface area contributed by atoms with Crippen LogP contribution in [0, 0.1) is 0 Å². The molecule has 0 atom stereocenters. The van der Waals surface area contributed by atoms with E-state index in [1.165, 1.54) is 0 Å². The molecular weight excluding hydrogens is 352 g/mol. The van der Waals surface area contributed by atoms with Crippen LogP contribution in [-0.2, 0) is 4.79 Å². The molecule has 0 saturated heterocycles. The van der Waals surface area contributed by atoms with Crippen molar-refractivity contribution in [3.05, 3.63) is 92.8 Å². The molecule has 0 radical (unpaired) electrons. The molecule has 5 heteroatoms. The lowest BCUT2D eigenvalue weighted by Gasteiger charge is -2.10. The van der Waals surface area contributed by atoms with Gasteiger partial charge >= 0.3 is 0 Å². The zero-order valence-electron chi connectivity index (χ0n) is 13.1. The van der Waals surface area contributed by atoms with Crippen LogP contribution in [0.3, 0.4) is 0 Å². The van der Waals surface area contributed by atoms with Crippen LogP contribution in [0.5, 0.6) is 0 Å². The topological polar surface area (TPSA) is 41.5 Å². The number of hydrogen-bond donors (Lipinski definition) is 1. The maximum atomic E-state index is 12.7. The lowest BCUT2D eigenvalue weighted by Crippen LogP contribution is -2.12. The van der Waals surface area contributed by atoms with Crippen LogP contribution < -0.4 is 5.32 Å². The average molecular weight is 365 g/mol. The zero-order valence-corrected chi connectivity index (χ0v) is 14.6. The molecule has 1 N–H and O–H groups in total. The Morgan fingerprint density at radius 2 is 1.88 bits per heavy atom. The predicted molar refractivity (Wildman–Crippen MR) is 104 cm³/mol. The van der Waals surface area contributed by atoms with Crippen LogP contribution in [0.2, 0.25) is 5.02 Å². The van der Waals surface area contributed by atoms with Gasteiger partial charge in [0.15, 0.2) is 0 Å². The van der Waals surface area contributed by atoms with Crippen molar-refractivity contribution in [2.45, 2.75) is 0 Å². The number of carbonyl (C=O) groups excluding carboxylic acids is 1. The van der Waals surface area contributed by atoms with Gasteiger partial charge in [-0.15, -0.1) is 11.3 Å². The standard InChI is InChI=1S/C20H13ClN2OS/c21-14-8-9-17-16(11-14)19(13-5-2-1-3-6-13)22-18(20(24)23-17)12-15-7-4-10-25-15/h1-12H,(H,23,24)/b18-12+. The monoisotopic (exact) mass is 364 g/mol. The van der Waals surface area contributed by atoms with Crippen molar-refractivity contribution in [1.29, 1.82) is 0 Å². The summed E-state index contributed by atoms with van der Waals surface area (Å²) < 4.78 is 0. The summed E-state index contributed by atoms with van der Waals surface area (Å²) >= 11 is 7.75. The van der Waals surface area contributed by atoms with E-state index in [0.717, 1.165) is 21.7 Å². The van der Waals surface area contributed by atoms with Crippen molar-refractivity contribution in [3.63, 3.8) is 0 Å². The van der Waals surface area contributed by atoms with E-state index in [2.05, 4.69) is 5.32 Å². The fraction of sp³-hybridized carbons (Fsp3) is 0. The zero-order chi connectivity index (χ0) is 17.2. The minimum absolute atomic E-state index is 0.233. The third-order valence-electron chi connectivity index (χ3n) is 3.82. The molecule has 1 amide bonds. The van der Waals surface area contributed by atoms with Crippen molar-refractivity contribution in [2.75, 3.05) is 5.32 Å². The number of nitrogens with zero attached hydrogens (tertiary/aromatic N) is 1. The SMILES string of the molecule is O=C1Nc2ccc(Cl)cc2C(c2ccccc2)=N/C1=C/c1cccs1. The first-order chi connectivity index (χ1) is 12.2. The molecule has 4 rings (SSSR count). The van der Waals surface area contributed by atoms with Gasteiger partial charge in [0, 0.05) is 21.0 Å². The Balaban J connectivity index is 1.94. The normalized spacial score (nSPS) is 15.3. The number of aliphatic imine (C=N–C) groups is 1. The number of nitrogens with one attached hydrogen (secondary N) is 1. The van der Waals surface area contributed by atoms with Gasteiger partial charge < -0.3 is 5.32 Å². The van der Waals surface area contributed by atoms with Gasteiger partial charge in [0.05, 0.1) is 11.4 Å². The molecule has 0 spiro atoms. The number of halogens is 1. The highest BCUT2D eigenvalue weighted by Gasteiger charge is 2.21. The van der Waals surface area contributed by atoms with E-state index in [1.54, 1.807) is 23.5 Å². The van der Waals surface area contributed by atoms with Crippen molar-refractivity contribution in [1.82, 2.24) is 0 Å². The number of carbonyl (C=O) groups is 1. The third kappa shape index (κ3) is 3.27. The maximum Gasteiger partial charge on any atom is 0.274 e. The molecule has 0 bridgehead atoms. The maximum absolute atomic E-state index is 12.7. The molecule has 1 aromatic heterocycles. The van der Waals surface area contributed by atoms with E-state index in [0.29, 0.717) is 16.4 Å². The van der Waals surface area contributed by atoms with Crippen LogP contribution in [0.4, 0.5) is 5.69 Å². The van der Waals surface area contributed by atoms with Gasteiger partial charge in [0.1, 0.15) is 5.70 Å². The Bertz CT molecular complexity index is 992. The number of rotatable bonds is 2. The molecule has 25 heavy (non-hydrogen) atoms. The molecule has 0 fully saturated rings. The second-order valence-electron chi connectivity index (χ2n) is 5.52. The Morgan fingerprint density at radius 3 is 2.64 bits per heavy atom. The molecule has 0 unspecified atom stereocenters. The first-order valence-corrected chi connectivity index (χ1v) is 8.97. The van der Waals surface area contributed by atoms with E-state index < -0.39 is 0 Å². The van der Waals surface area contributed by atoms with E-state index in [9.17, 15) is 4.79 Å². The number of amides is 1. The number of fused-ring (bicyclic) bond motifs is 1. The number of benzene rings is 2. The summed E-state index contributed by atoms with van der Waals surface area (Å²) in [6.45, 7) is 0. The molecule has 2 aromatic carbocycles. The van der Waals surface area contributed by atoms with Crippen LogP contribution in [0.15, 0.2) is 76.7 Å². The Labute approximate surface area is 154 Å². The van der Waals surface area contributed by atoms with Crippen LogP contribution >= 0.6 is 22.9 Å². The molecule has 122 valence electrons. The molecule has 3 nitrogen and oxygen atoms in total. The lowest BCUT2D eigenvalue weighted by molar-refractivity contribution is -0.112. The van der Waals surface area contributed by atoms with Gasteiger partial charge in [0.2, 0.25) is 0 Å². The first-order valence-electron chi connectivity index (χ1n) is 7.71. The summed E-state index contributed by atoms with van der Waals surface area (Å²) in [5.74, 6) is -0.233. The summed E-state index contributed by atoms with van der Waals surface area (Å²) in [5, 5.41) is 5.51. The van der Waals surface area contributed by atoms with Crippen molar-refractivity contribution >= 4 is 46.3 Å². The Morgan fingerprint density at radius 1 is 1.04 bits per heavy atom. The Kier molecular flexibility index (Phi) is 4.22. The molecule has 3 aromatic rings. The van der Waals surface area contributed by atoms with Gasteiger partial charge in [-0.25, -0.2) is 4.99 Å². The smallest absolute Gasteiger partial charge is 0.274 e. The average Bonchev–Trinajstić information content (AvgIpc) is 3.09. The third-order valence-corrected chi connectivity index (χ3v) is 4.87. The molecule has 0 aliphatic carbocycles. The van der Waals surface area contributed by atoms with Gasteiger partial charge in [0.25, 0.3) is 5.91 Å². The number of anilines is 1. The highest BCUT2D eigenvalue weighted by molar-refractivity contribution is 7.10. The van der Waals surface area contributed by atoms with Gasteiger partial charge in [-0.3, -0.25) is 4.79 Å². The fourth-order valence-electron chi connectivity index (χ4n) is 2.66. The summed E-state index contributed by atoms with van der Waals surface area (Å²) in [6.07, 6.45) is 1.80. The number of benzodiazepines with no additional fused rings is 1. The van der Waals surface area contributed by atoms with Crippen LogP contribution in [-0.4, -0.2) is 11.6 Å². The van der Waals surface area contributed by atoms with E-state index in [-0.39, 0.29) is 5.91 Å². The Hall–Kier alpha value is -2.69. The largest absolute Gasteiger partial charge is 0.320 e.